The minimum atomic E-state index is -0.534. The van der Waals surface area contributed by atoms with Crippen LogP contribution in [-0.2, 0) is 11.3 Å². The van der Waals surface area contributed by atoms with Crippen LogP contribution in [0.3, 0.4) is 0 Å². The van der Waals surface area contributed by atoms with Crippen LogP contribution in [0.15, 0.2) is 53.0 Å². The molecule has 126 valence electrons. The van der Waals surface area contributed by atoms with Crippen molar-refractivity contribution in [2.24, 2.45) is 0 Å². The van der Waals surface area contributed by atoms with Crippen molar-refractivity contribution in [1.82, 2.24) is 5.32 Å². The van der Waals surface area contributed by atoms with Crippen molar-refractivity contribution in [1.29, 1.82) is 0 Å². The van der Waals surface area contributed by atoms with E-state index >= 15 is 0 Å². The van der Waals surface area contributed by atoms with Gasteiger partial charge in [0.15, 0.2) is 0 Å². The first-order chi connectivity index (χ1) is 11.5. The maximum Gasteiger partial charge on any atom is 0.284 e. The van der Waals surface area contributed by atoms with Crippen LogP contribution in [0.25, 0.3) is 0 Å². The molecule has 0 saturated heterocycles. The molecular weight excluding hydrogens is 376 g/mol. The Bertz CT molecular complexity index is 722. The van der Waals surface area contributed by atoms with Crippen molar-refractivity contribution < 1.29 is 14.5 Å². The van der Waals surface area contributed by atoms with E-state index in [2.05, 4.69) is 21.2 Å². The minimum Gasteiger partial charge on any atom is -0.375 e. The lowest BCUT2D eigenvalue weighted by atomic mass is 10.2. The summed E-state index contributed by atoms with van der Waals surface area (Å²) in [6.45, 7) is 2.63. The van der Waals surface area contributed by atoms with Crippen LogP contribution in [0.1, 0.15) is 22.8 Å². The number of halogens is 1. The molecule has 7 heteroatoms. The van der Waals surface area contributed by atoms with Gasteiger partial charge in [0.25, 0.3) is 11.6 Å². The Kier molecular flexibility index (Phi) is 6.45. The number of nitro groups is 1. The zero-order valence-corrected chi connectivity index (χ0v) is 14.7. The van der Waals surface area contributed by atoms with Gasteiger partial charge in [-0.15, -0.1) is 0 Å². The Morgan fingerprint density at radius 3 is 2.67 bits per heavy atom. The summed E-state index contributed by atoms with van der Waals surface area (Å²) in [5.74, 6) is -0.374. The fourth-order valence-corrected chi connectivity index (χ4v) is 2.46. The van der Waals surface area contributed by atoms with Gasteiger partial charge in [-0.05, 0) is 40.5 Å². The molecule has 0 heterocycles. The highest BCUT2D eigenvalue weighted by Crippen LogP contribution is 2.25. The first kappa shape index (κ1) is 18.1. The lowest BCUT2D eigenvalue weighted by molar-refractivity contribution is -0.385. The highest BCUT2D eigenvalue weighted by molar-refractivity contribution is 9.10. The molecule has 0 aliphatic heterocycles. The predicted octanol–water partition coefficient (Wildman–Crippen LogP) is 3.69. The summed E-state index contributed by atoms with van der Waals surface area (Å²) in [5.41, 5.74) is 1.15. The number of amides is 1. The molecule has 0 aliphatic carbocycles. The van der Waals surface area contributed by atoms with E-state index in [0.29, 0.717) is 17.7 Å². The quantitative estimate of drug-likeness (QED) is 0.575. The second-order valence-corrected chi connectivity index (χ2v) is 6.15. The van der Waals surface area contributed by atoms with Crippen molar-refractivity contribution in [3.63, 3.8) is 0 Å². The van der Waals surface area contributed by atoms with Gasteiger partial charge in [-0.1, -0.05) is 30.3 Å². The minimum absolute atomic E-state index is 0.143. The van der Waals surface area contributed by atoms with E-state index in [0.717, 1.165) is 5.56 Å². The smallest absolute Gasteiger partial charge is 0.284 e. The number of nitro benzene ring substituents is 1. The molecule has 0 bridgehead atoms. The highest BCUT2D eigenvalue weighted by atomic mass is 79.9. The number of hydrogen-bond donors (Lipinski definition) is 1. The standard InChI is InChI=1S/C17H17BrN2O4/c1-12(10-24-11-13-5-3-2-4-6-13)19-17(21)14-7-8-15(18)16(9-14)20(22)23/h2-9,12H,10-11H2,1H3,(H,19,21). The van der Waals surface area contributed by atoms with Crippen LogP contribution in [-0.4, -0.2) is 23.5 Å². The van der Waals surface area contributed by atoms with Gasteiger partial charge in [0.1, 0.15) is 0 Å². The lowest BCUT2D eigenvalue weighted by Crippen LogP contribution is -2.35. The van der Waals surface area contributed by atoms with Crippen molar-refractivity contribution in [2.75, 3.05) is 6.61 Å². The third kappa shape index (κ3) is 5.14. The third-order valence-corrected chi connectivity index (χ3v) is 3.93. The number of benzene rings is 2. The third-order valence-electron chi connectivity index (χ3n) is 3.26. The largest absolute Gasteiger partial charge is 0.375 e. The van der Waals surface area contributed by atoms with Gasteiger partial charge in [0, 0.05) is 17.7 Å². The number of carbonyl (C=O) groups excluding carboxylic acids is 1. The van der Waals surface area contributed by atoms with E-state index in [4.69, 9.17) is 4.74 Å². The van der Waals surface area contributed by atoms with E-state index in [9.17, 15) is 14.9 Å². The fraction of sp³-hybridized carbons (Fsp3) is 0.235. The molecule has 6 nitrogen and oxygen atoms in total. The second kappa shape index (κ2) is 8.56. The van der Waals surface area contributed by atoms with Crippen molar-refractivity contribution in [2.45, 2.75) is 19.6 Å². The molecule has 0 spiro atoms. The van der Waals surface area contributed by atoms with E-state index < -0.39 is 4.92 Å². The summed E-state index contributed by atoms with van der Waals surface area (Å²) in [6, 6.07) is 13.8. The maximum absolute atomic E-state index is 12.2. The number of nitrogens with zero attached hydrogens (tertiary/aromatic N) is 1. The van der Waals surface area contributed by atoms with Gasteiger partial charge in [0.05, 0.1) is 22.6 Å². The summed E-state index contributed by atoms with van der Waals surface area (Å²) < 4.78 is 5.91. The number of hydrogen-bond acceptors (Lipinski definition) is 4. The summed E-state index contributed by atoms with van der Waals surface area (Å²) in [4.78, 5) is 22.6. The molecule has 0 saturated carbocycles. The van der Waals surface area contributed by atoms with Crippen LogP contribution in [0.2, 0.25) is 0 Å². The van der Waals surface area contributed by atoms with Crippen molar-refractivity contribution in [3.8, 4) is 0 Å². The highest BCUT2D eigenvalue weighted by Gasteiger charge is 2.17. The molecule has 2 aromatic rings. The Balaban J connectivity index is 1.87. The maximum atomic E-state index is 12.2. The van der Waals surface area contributed by atoms with E-state index in [1.54, 1.807) is 0 Å². The molecule has 1 unspecified atom stereocenters. The van der Waals surface area contributed by atoms with Crippen molar-refractivity contribution in [3.05, 3.63) is 74.2 Å². The summed E-state index contributed by atoms with van der Waals surface area (Å²) >= 11 is 3.09. The zero-order chi connectivity index (χ0) is 17.5. The number of carbonyl (C=O) groups is 1. The molecule has 0 fully saturated rings. The molecule has 24 heavy (non-hydrogen) atoms. The Hall–Kier alpha value is -2.25. The summed E-state index contributed by atoms with van der Waals surface area (Å²) in [5, 5.41) is 13.7. The van der Waals surface area contributed by atoms with Crippen molar-refractivity contribution >= 4 is 27.5 Å². The zero-order valence-electron chi connectivity index (χ0n) is 13.1. The molecular formula is C17H17BrN2O4. The van der Waals surface area contributed by atoms with Crippen LogP contribution < -0.4 is 5.32 Å². The number of ether oxygens (including phenoxy) is 1. The Morgan fingerprint density at radius 1 is 1.29 bits per heavy atom. The molecule has 0 aliphatic rings. The van der Waals surface area contributed by atoms with Gasteiger partial charge in [-0.25, -0.2) is 0 Å². The topological polar surface area (TPSA) is 81.5 Å². The van der Waals surface area contributed by atoms with Crippen LogP contribution >= 0.6 is 15.9 Å². The molecule has 0 radical (unpaired) electrons. The SMILES string of the molecule is CC(COCc1ccccc1)NC(=O)c1ccc(Br)c([N+](=O)[O-])c1. The average molecular weight is 393 g/mol. The van der Waals surface area contributed by atoms with Crippen LogP contribution in [0.5, 0.6) is 0 Å². The van der Waals surface area contributed by atoms with E-state index in [-0.39, 0.29) is 23.2 Å². The van der Waals surface area contributed by atoms with Crippen LogP contribution in [0, 0.1) is 10.1 Å². The van der Waals surface area contributed by atoms with Crippen LogP contribution in [0.4, 0.5) is 5.69 Å². The first-order valence-electron chi connectivity index (χ1n) is 7.34. The van der Waals surface area contributed by atoms with Gasteiger partial charge < -0.3 is 10.1 Å². The Labute approximate surface area is 148 Å². The monoisotopic (exact) mass is 392 g/mol. The molecule has 1 N–H and O–H groups in total. The second-order valence-electron chi connectivity index (χ2n) is 5.30. The number of rotatable bonds is 7. The lowest BCUT2D eigenvalue weighted by Gasteiger charge is -2.14. The fourth-order valence-electron chi connectivity index (χ4n) is 2.07. The molecule has 2 rings (SSSR count). The molecule has 0 aromatic heterocycles. The molecule has 1 atom stereocenters. The van der Waals surface area contributed by atoms with Gasteiger partial charge in [-0.2, -0.15) is 0 Å². The normalized spacial score (nSPS) is 11.8. The first-order valence-corrected chi connectivity index (χ1v) is 8.13. The van der Waals surface area contributed by atoms with E-state index in [1.807, 2.05) is 37.3 Å². The average Bonchev–Trinajstić information content (AvgIpc) is 2.55. The molecule has 1 amide bonds. The van der Waals surface area contributed by atoms with Gasteiger partial charge >= 0.3 is 0 Å². The Morgan fingerprint density at radius 2 is 2.00 bits per heavy atom. The van der Waals surface area contributed by atoms with Gasteiger partial charge in [-0.3, -0.25) is 14.9 Å². The van der Waals surface area contributed by atoms with Gasteiger partial charge in [0.2, 0.25) is 0 Å². The summed E-state index contributed by atoms with van der Waals surface area (Å²) in [6.07, 6.45) is 0. The molecule has 2 aromatic carbocycles. The predicted molar refractivity (Wildman–Crippen MR) is 93.8 cm³/mol. The van der Waals surface area contributed by atoms with E-state index in [1.165, 1.54) is 18.2 Å². The number of nitrogens with one attached hydrogen (secondary N) is 1. The summed E-state index contributed by atoms with van der Waals surface area (Å²) in [7, 11) is 0.